The quantitative estimate of drug-likeness (QED) is 0.856. The number of aromatic nitrogens is 3. The molecule has 0 aromatic carbocycles. The first kappa shape index (κ1) is 12.8. The molecule has 0 amide bonds. The lowest BCUT2D eigenvalue weighted by Crippen LogP contribution is -2.39. The maximum absolute atomic E-state index is 5.93. The van der Waals surface area contributed by atoms with Crippen molar-refractivity contribution < 1.29 is 4.74 Å². The Morgan fingerprint density at radius 2 is 2.05 bits per heavy atom. The summed E-state index contributed by atoms with van der Waals surface area (Å²) in [5.74, 6) is 1.67. The van der Waals surface area contributed by atoms with E-state index in [0.29, 0.717) is 0 Å². The van der Waals surface area contributed by atoms with E-state index in [9.17, 15) is 0 Å². The van der Waals surface area contributed by atoms with E-state index in [-0.39, 0.29) is 6.10 Å². The molecule has 20 heavy (non-hydrogen) atoms. The van der Waals surface area contributed by atoms with Gasteiger partial charge in [-0.15, -0.1) is 0 Å². The van der Waals surface area contributed by atoms with E-state index >= 15 is 0 Å². The fourth-order valence-corrected chi connectivity index (χ4v) is 2.37. The van der Waals surface area contributed by atoms with Crippen LogP contribution in [0.25, 0.3) is 0 Å². The first-order valence-electron chi connectivity index (χ1n) is 6.92. The number of hydrogen-bond acceptors (Lipinski definition) is 5. The number of anilines is 1. The zero-order valence-corrected chi connectivity index (χ0v) is 11.6. The van der Waals surface area contributed by atoms with Crippen LogP contribution in [0.15, 0.2) is 36.8 Å². The van der Waals surface area contributed by atoms with Crippen molar-refractivity contribution in [3.63, 3.8) is 0 Å². The van der Waals surface area contributed by atoms with Crippen LogP contribution >= 0.6 is 0 Å². The number of aryl methyl sites for hydroxylation is 1. The number of nitrogens with zero attached hydrogens (tertiary/aromatic N) is 4. The number of rotatable bonds is 3. The lowest BCUT2D eigenvalue weighted by Gasteiger charge is -2.32. The Bertz CT molecular complexity index is 553. The second kappa shape index (κ2) is 5.86. The predicted molar refractivity (Wildman–Crippen MR) is 76.9 cm³/mol. The van der Waals surface area contributed by atoms with Crippen molar-refractivity contribution >= 4 is 5.95 Å². The molecule has 0 unspecified atom stereocenters. The van der Waals surface area contributed by atoms with Crippen molar-refractivity contribution in [2.24, 2.45) is 0 Å². The molecule has 0 radical (unpaired) electrons. The zero-order chi connectivity index (χ0) is 13.8. The van der Waals surface area contributed by atoms with E-state index < -0.39 is 0 Å². The lowest BCUT2D eigenvalue weighted by atomic mass is 10.1. The number of piperidine rings is 1. The average molecular weight is 270 g/mol. The van der Waals surface area contributed by atoms with Gasteiger partial charge < -0.3 is 9.64 Å². The van der Waals surface area contributed by atoms with Crippen LogP contribution in [0.1, 0.15) is 18.5 Å². The molecule has 3 rings (SSSR count). The molecule has 3 heterocycles. The van der Waals surface area contributed by atoms with Crippen LogP contribution in [0.3, 0.4) is 0 Å². The standard InChI is InChI=1S/C15H18N4O/c1-12-4-8-17-15(18-12)19-9-5-13(6-10-19)20-14-3-2-7-16-11-14/h2-4,7-8,11,13H,5-6,9-10H2,1H3. The summed E-state index contributed by atoms with van der Waals surface area (Å²) in [4.78, 5) is 15.1. The van der Waals surface area contributed by atoms with Gasteiger partial charge in [0, 0.05) is 44.0 Å². The van der Waals surface area contributed by atoms with E-state index in [2.05, 4.69) is 19.9 Å². The van der Waals surface area contributed by atoms with E-state index in [1.165, 1.54) is 0 Å². The monoisotopic (exact) mass is 270 g/mol. The van der Waals surface area contributed by atoms with Crippen LogP contribution in [0, 0.1) is 6.92 Å². The van der Waals surface area contributed by atoms with Gasteiger partial charge in [0.25, 0.3) is 0 Å². The minimum atomic E-state index is 0.250. The largest absolute Gasteiger partial charge is 0.489 e. The molecule has 0 saturated carbocycles. The maximum atomic E-state index is 5.93. The summed E-state index contributed by atoms with van der Waals surface area (Å²) in [6, 6.07) is 5.76. The molecule has 0 aliphatic carbocycles. The topological polar surface area (TPSA) is 51.1 Å². The normalized spacial score (nSPS) is 16.1. The van der Waals surface area contributed by atoms with Gasteiger partial charge in [-0.25, -0.2) is 9.97 Å². The molecule has 0 atom stereocenters. The Morgan fingerprint density at radius 1 is 1.20 bits per heavy atom. The van der Waals surface area contributed by atoms with Crippen LogP contribution < -0.4 is 9.64 Å². The van der Waals surface area contributed by atoms with Crippen molar-refractivity contribution in [1.29, 1.82) is 0 Å². The van der Waals surface area contributed by atoms with Crippen LogP contribution in [-0.2, 0) is 0 Å². The first-order chi connectivity index (χ1) is 9.81. The molecule has 1 aliphatic heterocycles. The van der Waals surface area contributed by atoms with Gasteiger partial charge in [-0.3, -0.25) is 4.98 Å². The first-order valence-corrected chi connectivity index (χ1v) is 6.92. The lowest BCUT2D eigenvalue weighted by molar-refractivity contribution is 0.170. The molecular formula is C15H18N4O. The summed E-state index contributed by atoms with van der Waals surface area (Å²) < 4.78 is 5.93. The van der Waals surface area contributed by atoms with Gasteiger partial charge in [-0.1, -0.05) is 0 Å². The molecule has 0 bridgehead atoms. The molecule has 104 valence electrons. The highest BCUT2D eigenvalue weighted by atomic mass is 16.5. The second-order valence-electron chi connectivity index (χ2n) is 4.99. The minimum Gasteiger partial charge on any atom is -0.489 e. The molecule has 1 saturated heterocycles. The maximum Gasteiger partial charge on any atom is 0.225 e. The predicted octanol–water partition coefficient (Wildman–Crippen LogP) is 2.23. The van der Waals surface area contributed by atoms with Crippen molar-refractivity contribution in [2.75, 3.05) is 18.0 Å². The van der Waals surface area contributed by atoms with E-state index in [1.807, 2.05) is 31.3 Å². The van der Waals surface area contributed by atoms with Crippen LogP contribution in [-0.4, -0.2) is 34.1 Å². The van der Waals surface area contributed by atoms with Gasteiger partial charge in [-0.2, -0.15) is 0 Å². The summed E-state index contributed by atoms with van der Waals surface area (Å²) in [6.45, 7) is 3.84. The Hall–Kier alpha value is -2.17. The molecule has 1 aliphatic rings. The highest BCUT2D eigenvalue weighted by Crippen LogP contribution is 2.20. The molecule has 2 aromatic heterocycles. The SMILES string of the molecule is Cc1ccnc(N2CCC(Oc3cccnc3)CC2)n1. The summed E-state index contributed by atoms with van der Waals surface area (Å²) in [6.07, 6.45) is 7.54. The van der Waals surface area contributed by atoms with E-state index in [1.54, 1.807) is 12.4 Å². The fourth-order valence-electron chi connectivity index (χ4n) is 2.37. The Kier molecular flexibility index (Phi) is 3.76. The van der Waals surface area contributed by atoms with Crippen molar-refractivity contribution in [3.8, 4) is 5.75 Å². The summed E-state index contributed by atoms with van der Waals surface area (Å²) >= 11 is 0. The second-order valence-corrected chi connectivity index (χ2v) is 4.99. The third-order valence-corrected chi connectivity index (χ3v) is 3.44. The zero-order valence-electron chi connectivity index (χ0n) is 11.6. The summed E-state index contributed by atoms with van der Waals surface area (Å²) in [5, 5.41) is 0. The van der Waals surface area contributed by atoms with Crippen LogP contribution in [0.5, 0.6) is 5.75 Å². The Balaban J connectivity index is 1.57. The highest BCUT2D eigenvalue weighted by Gasteiger charge is 2.22. The highest BCUT2D eigenvalue weighted by molar-refractivity contribution is 5.30. The van der Waals surface area contributed by atoms with Gasteiger partial charge in [0.05, 0.1) is 6.20 Å². The average Bonchev–Trinajstić information content (AvgIpc) is 2.49. The molecule has 2 aromatic rings. The number of ether oxygens (including phenoxy) is 1. The molecular weight excluding hydrogens is 252 g/mol. The Labute approximate surface area is 118 Å². The van der Waals surface area contributed by atoms with Crippen LogP contribution in [0.2, 0.25) is 0 Å². The third kappa shape index (κ3) is 3.04. The van der Waals surface area contributed by atoms with Crippen molar-refractivity contribution in [1.82, 2.24) is 15.0 Å². The van der Waals surface area contributed by atoms with Gasteiger partial charge in [0.1, 0.15) is 11.9 Å². The summed E-state index contributed by atoms with van der Waals surface area (Å²) in [7, 11) is 0. The van der Waals surface area contributed by atoms with Gasteiger partial charge in [-0.05, 0) is 25.1 Å². The molecule has 5 heteroatoms. The smallest absolute Gasteiger partial charge is 0.225 e. The molecule has 5 nitrogen and oxygen atoms in total. The Morgan fingerprint density at radius 3 is 2.75 bits per heavy atom. The molecule has 0 spiro atoms. The molecule has 1 fully saturated rings. The van der Waals surface area contributed by atoms with E-state index in [4.69, 9.17) is 4.74 Å². The fraction of sp³-hybridized carbons (Fsp3) is 0.400. The number of pyridine rings is 1. The minimum absolute atomic E-state index is 0.250. The third-order valence-electron chi connectivity index (χ3n) is 3.44. The van der Waals surface area contributed by atoms with E-state index in [0.717, 1.165) is 43.3 Å². The van der Waals surface area contributed by atoms with Gasteiger partial charge in [0.2, 0.25) is 5.95 Å². The summed E-state index contributed by atoms with van der Waals surface area (Å²) in [5.41, 5.74) is 1.00. The van der Waals surface area contributed by atoms with Crippen molar-refractivity contribution in [3.05, 3.63) is 42.5 Å². The van der Waals surface area contributed by atoms with Crippen molar-refractivity contribution in [2.45, 2.75) is 25.9 Å². The van der Waals surface area contributed by atoms with Gasteiger partial charge in [0.15, 0.2) is 0 Å². The van der Waals surface area contributed by atoms with Crippen LogP contribution in [0.4, 0.5) is 5.95 Å². The number of hydrogen-bond donors (Lipinski definition) is 0. The van der Waals surface area contributed by atoms with Gasteiger partial charge >= 0.3 is 0 Å². The molecule has 0 N–H and O–H groups in total.